The molecule has 0 spiro atoms. The predicted molar refractivity (Wildman–Crippen MR) is 54.9 cm³/mol. The Labute approximate surface area is 83.5 Å². The van der Waals surface area contributed by atoms with Crippen molar-refractivity contribution in [3.05, 3.63) is 35.4 Å². The molecule has 0 fully saturated rings. The van der Waals surface area contributed by atoms with Gasteiger partial charge in [-0.05, 0) is 24.6 Å². The van der Waals surface area contributed by atoms with Crippen molar-refractivity contribution in [2.75, 3.05) is 7.05 Å². The average molecular weight is 190 g/mol. The molecule has 1 aliphatic rings. The highest BCUT2D eigenvalue weighted by Gasteiger charge is 2.30. The van der Waals surface area contributed by atoms with E-state index in [-0.39, 0.29) is 12.1 Å². The van der Waals surface area contributed by atoms with Gasteiger partial charge in [-0.25, -0.2) is 0 Å². The molecule has 0 aromatic heterocycles. The number of hydrogen-bond acceptors (Lipinski definition) is 2. The average Bonchev–Trinajstić information content (AvgIpc) is 2.55. The van der Waals surface area contributed by atoms with Crippen molar-refractivity contribution in [2.24, 2.45) is 0 Å². The molecule has 1 aromatic rings. The lowest BCUT2D eigenvalue weighted by Crippen LogP contribution is -2.37. The highest BCUT2D eigenvalue weighted by molar-refractivity contribution is 5.49. The Bertz CT molecular complexity index is 338. The van der Waals surface area contributed by atoms with Gasteiger partial charge in [0.15, 0.2) is 0 Å². The Kier molecular flexibility index (Phi) is 2.50. The van der Waals surface area contributed by atoms with Crippen molar-refractivity contribution >= 4 is 6.41 Å². The van der Waals surface area contributed by atoms with Gasteiger partial charge in [-0.2, -0.15) is 0 Å². The van der Waals surface area contributed by atoms with Crippen LogP contribution in [0, 0.1) is 0 Å². The molecule has 0 saturated carbocycles. The van der Waals surface area contributed by atoms with Crippen LogP contribution in [0.4, 0.5) is 0 Å². The van der Waals surface area contributed by atoms with Crippen LogP contribution in [0.5, 0.6) is 0 Å². The third kappa shape index (κ3) is 1.40. The normalized spacial score (nSPS) is 24.4. The van der Waals surface area contributed by atoms with E-state index in [0.29, 0.717) is 0 Å². The van der Waals surface area contributed by atoms with E-state index < -0.39 is 0 Å². The van der Waals surface area contributed by atoms with Crippen molar-refractivity contribution in [1.29, 1.82) is 0 Å². The van der Waals surface area contributed by atoms with E-state index in [1.165, 1.54) is 11.1 Å². The molecule has 1 aliphatic carbocycles. The van der Waals surface area contributed by atoms with E-state index >= 15 is 0 Å². The van der Waals surface area contributed by atoms with Crippen LogP contribution in [0.2, 0.25) is 0 Å². The summed E-state index contributed by atoms with van der Waals surface area (Å²) in [7, 11) is 1.92. The first-order chi connectivity index (χ1) is 6.86. The zero-order chi connectivity index (χ0) is 9.97. The number of likely N-dealkylation sites (N-methyl/N-ethyl adjacent to an activating group) is 1. The summed E-state index contributed by atoms with van der Waals surface area (Å²) in [6.07, 6.45) is 1.70. The Morgan fingerprint density at radius 1 is 1.43 bits per heavy atom. The van der Waals surface area contributed by atoms with Gasteiger partial charge in [0, 0.05) is 0 Å². The summed E-state index contributed by atoms with van der Waals surface area (Å²) in [5, 5.41) is 6.08. The number of hydrogen-bond donors (Lipinski definition) is 2. The van der Waals surface area contributed by atoms with E-state index in [9.17, 15) is 4.79 Å². The minimum atomic E-state index is 0.190. The molecule has 74 valence electrons. The SMILES string of the molecule is CNC1c2ccccc2C[C@@H]1NC=O. The van der Waals surface area contributed by atoms with Crippen LogP contribution in [0.25, 0.3) is 0 Å². The zero-order valence-corrected chi connectivity index (χ0v) is 8.16. The first kappa shape index (κ1) is 9.21. The highest BCUT2D eigenvalue weighted by atomic mass is 16.1. The van der Waals surface area contributed by atoms with Gasteiger partial charge in [-0.1, -0.05) is 24.3 Å². The number of nitrogens with one attached hydrogen (secondary N) is 2. The second kappa shape index (κ2) is 3.80. The van der Waals surface area contributed by atoms with Crippen molar-refractivity contribution < 1.29 is 4.79 Å². The predicted octanol–water partition coefficient (Wildman–Crippen LogP) is 0.618. The molecule has 2 atom stereocenters. The molecule has 1 unspecified atom stereocenters. The molecule has 1 aromatic carbocycles. The van der Waals surface area contributed by atoms with Crippen LogP contribution in [0.3, 0.4) is 0 Å². The lowest BCUT2D eigenvalue weighted by Gasteiger charge is -2.18. The van der Waals surface area contributed by atoms with E-state index in [1.807, 2.05) is 19.2 Å². The standard InChI is InChI=1S/C11H14N2O/c1-12-11-9-5-3-2-4-8(9)6-10(11)13-7-14/h2-5,7,10-12H,6H2,1H3,(H,13,14)/t10-,11?/m0/s1. The van der Waals surface area contributed by atoms with Gasteiger partial charge in [-0.3, -0.25) is 4.79 Å². The molecule has 3 heteroatoms. The summed E-state index contributed by atoms with van der Waals surface area (Å²) in [4.78, 5) is 10.4. The van der Waals surface area contributed by atoms with E-state index in [2.05, 4.69) is 22.8 Å². The molecule has 0 saturated heterocycles. The summed E-state index contributed by atoms with van der Waals surface area (Å²) in [6.45, 7) is 0. The highest BCUT2D eigenvalue weighted by Crippen LogP contribution is 2.30. The second-order valence-corrected chi connectivity index (χ2v) is 3.56. The number of carbonyl (C=O) groups excluding carboxylic acids is 1. The Hall–Kier alpha value is -1.35. The molecular formula is C11H14N2O. The summed E-state index contributed by atoms with van der Waals surface area (Å²) in [5.41, 5.74) is 2.63. The Balaban J connectivity index is 2.28. The van der Waals surface area contributed by atoms with Gasteiger partial charge in [0.1, 0.15) is 0 Å². The topological polar surface area (TPSA) is 41.1 Å². The minimum absolute atomic E-state index is 0.190. The maximum Gasteiger partial charge on any atom is 0.207 e. The van der Waals surface area contributed by atoms with Crippen molar-refractivity contribution in [2.45, 2.75) is 18.5 Å². The Morgan fingerprint density at radius 3 is 2.93 bits per heavy atom. The monoisotopic (exact) mass is 190 g/mol. The summed E-state index contributed by atoms with van der Waals surface area (Å²) >= 11 is 0. The molecular weight excluding hydrogens is 176 g/mol. The molecule has 0 heterocycles. The first-order valence-electron chi connectivity index (χ1n) is 4.81. The number of carbonyl (C=O) groups is 1. The van der Waals surface area contributed by atoms with E-state index in [1.54, 1.807) is 0 Å². The lowest BCUT2D eigenvalue weighted by molar-refractivity contribution is -0.110. The van der Waals surface area contributed by atoms with Gasteiger partial charge in [-0.15, -0.1) is 0 Å². The van der Waals surface area contributed by atoms with E-state index in [0.717, 1.165) is 12.8 Å². The molecule has 0 bridgehead atoms. The first-order valence-corrected chi connectivity index (χ1v) is 4.81. The third-order valence-electron chi connectivity index (χ3n) is 2.83. The number of fused-ring (bicyclic) bond motifs is 1. The van der Waals surface area contributed by atoms with Crippen LogP contribution in [0.15, 0.2) is 24.3 Å². The van der Waals surface area contributed by atoms with Crippen LogP contribution in [-0.2, 0) is 11.2 Å². The van der Waals surface area contributed by atoms with Crippen LogP contribution < -0.4 is 10.6 Å². The van der Waals surface area contributed by atoms with Crippen LogP contribution in [-0.4, -0.2) is 19.5 Å². The smallest absolute Gasteiger partial charge is 0.207 e. The lowest BCUT2D eigenvalue weighted by atomic mass is 10.1. The Morgan fingerprint density at radius 2 is 2.21 bits per heavy atom. The summed E-state index contributed by atoms with van der Waals surface area (Å²) in [6, 6.07) is 8.74. The summed E-state index contributed by atoms with van der Waals surface area (Å²) < 4.78 is 0. The zero-order valence-electron chi connectivity index (χ0n) is 8.16. The fourth-order valence-corrected chi connectivity index (χ4v) is 2.19. The van der Waals surface area contributed by atoms with Gasteiger partial charge in [0.2, 0.25) is 6.41 Å². The summed E-state index contributed by atoms with van der Waals surface area (Å²) in [5.74, 6) is 0. The van der Waals surface area contributed by atoms with Crippen LogP contribution >= 0.6 is 0 Å². The number of benzene rings is 1. The molecule has 0 radical (unpaired) electrons. The van der Waals surface area contributed by atoms with Gasteiger partial charge < -0.3 is 10.6 Å². The number of rotatable bonds is 3. The molecule has 2 N–H and O–H groups in total. The van der Waals surface area contributed by atoms with E-state index in [4.69, 9.17) is 0 Å². The molecule has 3 nitrogen and oxygen atoms in total. The fraction of sp³-hybridized carbons (Fsp3) is 0.364. The molecule has 14 heavy (non-hydrogen) atoms. The number of amides is 1. The van der Waals surface area contributed by atoms with Gasteiger partial charge >= 0.3 is 0 Å². The maximum atomic E-state index is 10.4. The van der Waals surface area contributed by atoms with Crippen LogP contribution in [0.1, 0.15) is 17.2 Å². The quantitative estimate of drug-likeness (QED) is 0.686. The third-order valence-corrected chi connectivity index (χ3v) is 2.83. The van der Waals surface area contributed by atoms with Crippen molar-refractivity contribution in [1.82, 2.24) is 10.6 Å². The van der Waals surface area contributed by atoms with Gasteiger partial charge in [0.05, 0.1) is 12.1 Å². The fourth-order valence-electron chi connectivity index (χ4n) is 2.19. The maximum absolute atomic E-state index is 10.4. The molecule has 1 amide bonds. The van der Waals surface area contributed by atoms with Crippen molar-refractivity contribution in [3.63, 3.8) is 0 Å². The van der Waals surface area contributed by atoms with Gasteiger partial charge in [0.25, 0.3) is 0 Å². The minimum Gasteiger partial charge on any atom is -0.354 e. The molecule has 2 rings (SSSR count). The molecule has 0 aliphatic heterocycles. The second-order valence-electron chi connectivity index (χ2n) is 3.56. The largest absolute Gasteiger partial charge is 0.354 e. The van der Waals surface area contributed by atoms with Crippen molar-refractivity contribution in [3.8, 4) is 0 Å².